The van der Waals surface area contributed by atoms with E-state index in [2.05, 4.69) is 15.9 Å². The van der Waals surface area contributed by atoms with Gasteiger partial charge in [-0.2, -0.15) is 0 Å². The Morgan fingerprint density at radius 2 is 2.50 bits per heavy atom. The molecule has 0 bridgehead atoms. The van der Waals surface area contributed by atoms with Gasteiger partial charge >= 0.3 is 0 Å². The first-order chi connectivity index (χ1) is 2.50. The molecule has 0 spiro atoms. The number of H-pyrrole nitrogens is 1. The quantitative estimate of drug-likeness (QED) is 0.484. The topological polar surface area (TPSA) is 27.3 Å². The molecular weight excluding hydrogens is 155 g/mol. The van der Waals surface area contributed by atoms with Crippen LogP contribution in [0.3, 0.4) is 0 Å². The van der Waals surface area contributed by atoms with Gasteiger partial charge in [0, 0.05) is 39.0 Å². The predicted octanol–water partition coefficient (Wildman–Crippen LogP) is -0.109. The van der Waals surface area contributed by atoms with Crippen LogP contribution in [0, 0.1) is 6.26 Å². The van der Waals surface area contributed by atoms with E-state index in [1.165, 1.54) is 0 Å². The van der Waals surface area contributed by atoms with E-state index in [1.807, 2.05) is 0 Å². The molecule has 0 aliphatic rings. The van der Waals surface area contributed by atoms with Crippen molar-refractivity contribution in [2.75, 3.05) is 0 Å². The molecule has 0 unspecified atom stereocenters. The van der Waals surface area contributed by atoms with Crippen molar-refractivity contribution in [1.29, 1.82) is 0 Å². The standard InChI is InChI=1S/C3H2NO.Y/c1-2-4-5-3-1;/h1-2H;/q-1;/p+1. The van der Waals surface area contributed by atoms with Crippen LogP contribution in [0.25, 0.3) is 0 Å². The number of rotatable bonds is 0. The molecular formula is C3H3NOY. The third-order valence-electron chi connectivity index (χ3n) is 0.337. The van der Waals surface area contributed by atoms with E-state index in [0.29, 0.717) is 0 Å². The number of nitrogens with one attached hydrogen (secondary N) is 1. The molecule has 1 heterocycles. The summed E-state index contributed by atoms with van der Waals surface area (Å²) in [5.41, 5.74) is 0. The molecule has 2 nitrogen and oxygen atoms in total. The molecule has 0 aliphatic heterocycles. The van der Waals surface area contributed by atoms with Crippen LogP contribution in [0.5, 0.6) is 0 Å². The predicted molar refractivity (Wildman–Crippen MR) is 14.1 cm³/mol. The summed E-state index contributed by atoms with van der Waals surface area (Å²) in [6.07, 6.45) is 4.08. The van der Waals surface area contributed by atoms with Crippen molar-refractivity contribution in [3.05, 3.63) is 18.5 Å². The zero-order chi connectivity index (χ0) is 3.54. The van der Waals surface area contributed by atoms with Crippen molar-refractivity contribution < 1.29 is 42.4 Å². The molecule has 1 radical (unpaired) electrons. The number of aromatic nitrogens is 1. The summed E-state index contributed by atoms with van der Waals surface area (Å²) in [6.45, 7) is 0. The minimum Gasteiger partial charge on any atom is -0.361 e. The van der Waals surface area contributed by atoms with Crippen molar-refractivity contribution in [3.8, 4) is 0 Å². The third-order valence-corrected chi connectivity index (χ3v) is 0.337. The van der Waals surface area contributed by atoms with E-state index < -0.39 is 0 Å². The summed E-state index contributed by atoms with van der Waals surface area (Å²) in [5.74, 6) is 0. The summed E-state index contributed by atoms with van der Waals surface area (Å²) >= 11 is 0. The van der Waals surface area contributed by atoms with Gasteiger partial charge in [0.05, 0.1) is 6.20 Å². The minimum absolute atomic E-state index is 0. The molecule has 6 heavy (non-hydrogen) atoms. The summed E-state index contributed by atoms with van der Waals surface area (Å²) in [7, 11) is 0. The molecule has 0 saturated carbocycles. The SMILES string of the molecule is [Y].[c-]1cc[nH+]o1. The van der Waals surface area contributed by atoms with Crippen molar-refractivity contribution in [3.63, 3.8) is 0 Å². The van der Waals surface area contributed by atoms with Crippen molar-refractivity contribution in [2.45, 2.75) is 0 Å². The fraction of sp³-hybridized carbons (Fsp3) is 0. The van der Waals surface area contributed by atoms with E-state index in [4.69, 9.17) is 0 Å². The van der Waals surface area contributed by atoms with Gasteiger partial charge in [-0.05, 0) is 0 Å². The van der Waals surface area contributed by atoms with Crippen molar-refractivity contribution in [1.82, 2.24) is 0 Å². The summed E-state index contributed by atoms with van der Waals surface area (Å²) in [6, 6.07) is 1.65. The van der Waals surface area contributed by atoms with Crippen LogP contribution in [0.1, 0.15) is 0 Å². The minimum atomic E-state index is 0. The van der Waals surface area contributed by atoms with Crippen molar-refractivity contribution >= 4 is 0 Å². The Labute approximate surface area is 60.8 Å². The first kappa shape index (κ1) is 6.31. The molecule has 0 aliphatic carbocycles. The van der Waals surface area contributed by atoms with E-state index >= 15 is 0 Å². The van der Waals surface area contributed by atoms with Gasteiger partial charge in [0.15, 0.2) is 0 Å². The zero-order valence-electron chi connectivity index (χ0n) is 3.14. The van der Waals surface area contributed by atoms with Crippen molar-refractivity contribution in [2.24, 2.45) is 0 Å². The van der Waals surface area contributed by atoms with Gasteiger partial charge in [0.2, 0.25) is 0 Å². The second-order valence-corrected chi connectivity index (χ2v) is 0.671. The summed E-state index contributed by atoms with van der Waals surface area (Å²) in [5, 5.41) is 2.43. The molecule has 0 atom stereocenters. The second-order valence-electron chi connectivity index (χ2n) is 0.671. The molecule has 1 aromatic heterocycles. The van der Waals surface area contributed by atoms with Crippen LogP contribution < -0.4 is 5.16 Å². The van der Waals surface area contributed by atoms with Crippen LogP contribution in [-0.4, -0.2) is 0 Å². The van der Waals surface area contributed by atoms with Gasteiger partial charge in [-0.15, -0.1) is 11.2 Å². The molecule has 0 fully saturated rings. The van der Waals surface area contributed by atoms with E-state index in [-0.39, 0.29) is 32.7 Å². The monoisotopic (exact) mass is 158 g/mol. The number of aromatic amines is 1. The Bertz CT molecular complexity index is 67.3. The molecule has 1 rings (SSSR count). The molecule has 0 aromatic carbocycles. The van der Waals surface area contributed by atoms with Crippen LogP contribution >= 0.6 is 0 Å². The first-order valence-corrected chi connectivity index (χ1v) is 1.32. The van der Waals surface area contributed by atoms with E-state index in [1.54, 1.807) is 12.3 Å². The Kier molecular flexibility index (Phi) is 3.69. The van der Waals surface area contributed by atoms with Crippen LogP contribution in [0.2, 0.25) is 0 Å². The molecule has 3 heteroatoms. The van der Waals surface area contributed by atoms with Crippen LogP contribution in [-0.2, 0) is 32.7 Å². The maximum Gasteiger partial charge on any atom is 0.0720 e. The Balaban J connectivity index is 0.000000250. The Morgan fingerprint density at radius 1 is 1.67 bits per heavy atom. The fourth-order valence-electron chi connectivity index (χ4n) is 0.170. The molecule has 1 N–H and O–H groups in total. The van der Waals surface area contributed by atoms with E-state index in [0.717, 1.165) is 0 Å². The maximum atomic E-state index is 4.33. The van der Waals surface area contributed by atoms with Crippen LogP contribution in [0.4, 0.5) is 0 Å². The molecule has 0 amide bonds. The average Bonchev–Trinajstić information content (AvgIpc) is 1.76. The summed E-state index contributed by atoms with van der Waals surface area (Å²) < 4.78 is 4.33. The fourth-order valence-corrected chi connectivity index (χ4v) is 0.170. The number of hydrogen-bond acceptors (Lipinski definition) is 1. The number of hydrogen-bond donors (Lipinski definition) is 0. The van der Waals surface area contributed by atoms with Gasteiger partial charge in [-0.3, -0.25) is 0 Å². The Morgan fingerprint density at radius 3 is 2.67 bits per heavy atom. The normalized spacial score (nSPS) is 6.67. The van der Waals surface area contributed by atoms with Gasteiger partial charge < -0.3 is 4.52 Å². The van der Waals surface area contributed by atoms with Crippen LogP contribution in [0.15, 0.2) is 16.8 Å². The molecule has 0 saturated heterocycles. The van der Waals surface area contributed by atoms with E-state index in [9.17, 15) is 0 Å². The average molecular weight is 158 g/mol. The second kappa shape index (κ2) is 3.50. The molecule has 29 valence electrons. The largest absolute Gasteiger partial charge is 0.361 e. The zero-order valence-corrected chi connectivity index (χ0v) is 5.98. The van der Waals surface area contributed by atoms with Gasteiger partial charge in [-0.1, -0.05) is 0 Å². The van der Waals surface area contributed by atoms with Gasteiger partial charge in [0.1, 0.15) is 0 Å². The third kappa shape index (κ3) is 1.68. The van der Waals surface area contributed by atoms with Gasteiger partial charge in [-0.25, -0.2) is 0 Å². The van der Waals surface area contributed by atoms with Gasteiger partial charge in [0.25, 0.3) is 0 Å². The first-order valence-electron chi connectivity index (χ1n) is 1.32. The Hall–Kier alpha value is 0.314. The summed E-state index contributed by atoms with van der Waals surface area (Å²) in [4.78, 5) is 0. The molecule has 1 aromatic rings. The smallest absolute Gasteiger partial charge is 0.0720 e. The maximum absolute atomic E-state index is 4.33.